The maximum absolute atomic E-state index is 13.8. The highest BCUT2D eigenvalue weighted by Crippen LogP contribution is 2.22. The van der Waals surface area contributed by atoms with Crippen molar-refractivity contribution in [1.29, 1.82) is 0 Å². The van der Waals surface area contributed by atoms with E-state index in [0.717, 1.165) is 0 Å². The third kappa shape index (κ3) is 2.80. The summed E-state index contributed by atoms with van der Waals surface area (Å²) in [6, 6.07) is 8.01. The summed E-state index contributed by atoms with van der Waals surface area (Å²) in [5.41, 5.74) is 2.87. The molecule has 6 heteroatoms. The molecule has 2 rings (SSSR count). The molecule has 1 aromatic carbocycles. The summed E-state index contributed by atoms with van der Waals surface area (Å²) in [4.78, 5) is 13.4. The number of nitrogen functional groups attached to an aromatic ring is 1. The minimum absolute atomic E-state index is 0.285. The predicted molar refractivity (Wildman–Crippen MR) is 73.5 cm³/mol. The van der Waals surface area contributed by atoms with E-state index in [-0.39, 0.29) is 12.4 Å². The molecule has 3 N–H and O–H groups in total. The molecule has 5 nitrogen and oxygen atoms in total. The molecule has 1 aromatic heterocycles. The Morgan fingerprint density at radius 1 is 1.40 bits per heavy atom. The highest BCUT2D eigenvalue weighted by Gasteiger charge is 2.17. The van der Waals surface area contributed by atoms with Crippen LogP contribution in [0.25, 0.3) is 0 Å². The Bertz CT molecular complexity index is 598. The summed E-state index contributed by atoms with van der Waals surface area (Å²) in [7, 11) is 0. The number of carbonyl (C=O) groups excluding carboxylic acids is 1. The average Bonchev–Trinajstić information content (AvgIpc) is 2.93. The Morgan fingerprint density at radius 3 is 2.80 bits per heavy atom. The van der Waals surface area contributed by atoms with Crippen molar-refractivity contribution in [3.8, 4) is 0 Å². The number of para-hydroxylation sites is 1. The van der Waals surface area contributed by atoms with Crippen LogP contribution in [-0.4, -0.2) is 12.5 Å². The molecular formula is C14H16FN3O2. The van der Waals surface area contributed by atoms with Gasteiger partial charge in [-0.15, -0.1) is 0 Å². The first kappa shape index (κ1) is 14.1. The average molecular weight is 277 g/mol. The van der Waals surface area contributed by atoms with Crippen molar-refractivity contribution in [2.45, 2.75) is 13.5 Å². The zero-order valence-electron chi connectivity index (χ0n) is 11.1. The van der Waals surface area contributed by atoms with Crippen LogP contribution in [0.3, 0.4) is 0 Å². The number of amides is 1. The van der Waals surface area contributed by atoms with E-state index in [1.807, 2.05) is 6.92 Å². The van der Waals surface area contributed by atoms with Crippen LogP contribution in [0.1, 0.15) is 23.0 Å². The first-order valence-corrected chi connectivity index (χ1v) is 6.24. The zero-order chi connectivity index (χ0) is 14.5. The minimum Gasteiger partial charge on any atom is -0.467 e. The van der Waals surface area contributed by atoms with E-state index in [4.69, 9.17) is 10.3 Å². The quantitative estimate of drug-likeness (QED) is 0.498. The van der Waals surface area contributed by atoms with Gasteiger partial charge in [0.05, 0.1) is 24.1 Å². The van der Waals surface area contributed by atoms with Crippen LogP contribution < -0.4 is 16.2 Å². The highest BCUT2D eigenvalue weighted by molar-refractivity contribution is 5.94. The number of furan rings is 1. The lowest BCUT2D eigenvalue weighted by Gasteiger charge is -2.22. The second kappa shape index (κ2) is 6.21. The third-order valence-corrected chi connectivity index (χ3v) is 3.03. The Kier molecular flexibility index (Phi) is 4.37. The lowest BCUT2D eigenvalue weighted by molar-refractivity contribution is 0.0951. The number of hydrogen-bond donors (Lipinski definition) is 2. The molecule has 0 saturated carbocycles. The van der Waals surface area contributed by atoms with Gasteiger partial charge >= 0.3 is 0 Å². The fraction of sp³-hybridized carbons (Fsp3) is 0.214. The molecule has 1 amide bonds. The summed E-state index contributed by atoms with van der Waals surface area (Å²) in [5, 5.41) is 0. The Hall–Kier alpha value is -2.34. The molecule has 0 spiro atoms. The highest BCUT2D eigenvalue weighted by atomic mass is 19.1. The molecule has 20 heavy (non-hydrogen) atoms. The van der Waals surface area contributed by atoms with Crippen molar-refractivity contribution in [1.82, 2.24) is 5.43 Å². The van der Waals surface area contributed by atoms with E-state index in [1.165, 1.54) is 18.4 Å². The standard InChI is InChI=1S/C14H16FN3O2/c1-2-18(12-6-4-3-5-11(12)15)9-13-10(7-8-20-13)14(19)17-16/h3-8H,2,9,16H2,1H3,(H,17,19). The maximum atomic E-state index is 13.8. The number of nitrogens with one attached hydrogen (secondary N) is 1. The number of carbonyl (C=O) groups is 1. The molecule has 0 radical (unpaired) electrons. The summed E-state index contributed by atoms with van der Waals surface area (Å²) in [6.45, 7) is 2.76. The molecule has 0 aliphatic rings. The predicted octanol–water partition coefficient (Wildman–Crippen LogP) is 2.05. The normalized spacial score (nSPS) is 10.3. The first-order valence-electron chi connectivity index (χ1n) is 6.24. The van der Waals surface area contributed by atoms with Crippen LogP contribution in [0.15, 0.2) is 41.0 Å². The minimum atomic E-state index is -0.432. The van der Waals surface area contributed by atoms with Gasteiger partial charge in [0.1, 0.15) is 11.6 Å². The van der Waals surface area contributed by atoms with E-state index in [1.54, 1.807) is 23.1 Å². The summed E-state index contributed by atoms with van der Waals surface area (Å²) in [6.07, 6.45) is 1.41. The number of nitrogens with two attached hydrogens (primary N) is 1. The second-order valence-electron chi connectivity index (χ2n) is 4.20. The molecule has 0 aliphatic heterocycles. The van der Waals surface area contributed by atoms with E-state index < -0.39 is 5.91 Å². The summed E-state index contributed by atoms with van der Waals surface area (Å²) >= 11 is 0. The number of halogens is 1. The van der Waals surface area contributed by atoms with Crippen LogP contribution in [0.2, 0.25) is 0 Å². The van der Waals surface area contributed by atoms with Gasteiger partial charge in [-0.1, -0.05) is 12.1 Å². The van der Waals surface area contributed by atoms with Crippen molar-refractivity contribution in [3.05, 3.63) is 53.7 Å². The van der Waals surface area contributed by atoms with Gasteiger partial charge in [0.2, 0.25) is 0 Å². The Labute approximate surface area is 116 Å². The second-order valence-corrected chi connectivity index (χ2v) is 4.20. The largest absolute Gasteiger partial charge is 0.467 e. The molecule has 0 atom stereocenters. The topological polar surface area (TPSA) is 71.5 Å². The monoisotopic (exact) mass is 277 g/mol. The zero-order valence-corrected chi connectivity index (χ0v) is 11.1. The van der Waals surface area contributed by atoms with Crippen molar-refractivity contribution in [2.75, 3.05) is 11.4 Å². The maximum Gasteiger partial charge on any atom is 0.268 e. The Balaban J connectivity index is 2.26. The van der Waals surface area contributed by atoms with Crippen LogP contribution in [0.4, 0.5) is 10.1 Å². The van der Waals surface area contributed by atoms with Gasteiger partial charge < -0.3 is 9.32 Å². The lowest BCUT2D eigenvalue weighted by Crippen LogP contribution is -2.31. The molecule has 106 valence electrons. The number of rotatable bonds is 5. The fourth-order valence-electron chi connectivity index (χ4n) is 1.99. The number of hydrogen-bond acceptors (Lipinski definition) is 4. The van der Waals surface area contributed by atoms with E-state index in [0.29, 0.717) is 23.6 Å². The van der Waals surface area contributed by atoms with E-state index >= 15 is 0 Å². The van der Waals surface area contributed by atoms with Crippen molar-refractivity contribution >= 4 is 11.6 Å². The summed E-state index contributed by atoms with van der Waals surface area (Å²) < 4.78 is 19.1. The smallest absolute Gasteiger partial charge is 0.268 e. The SMILES string of the molecule is CCN(Cc1occc1C(=O)NN)c1ccccc1F. The van der Waals surface area contributed by atoms with Crippen LogP contribution >= 0.6 is 0 Å². The van der Waals surface area contributed by atoms with Gasteiger partial charge in [0.15, 0.2) is 0 Å². The number of benzene rings is 1. The van der Waals surface area contributed by atoms with Crippen LogP contribution in [0, 0.1) is 5.82 Å². The van der Waals surface area contributed by atoms with Crippen LogP contribution in [-0.2, 0) is 6.54 Å². The molecule has 0 fully saturated rings. The first-order chi connectivity index (χ1) is 9.67. The van der Waals surface area contributed by atoms with Gasteiger partial charge in [0.25, 0.3) is 5.91 Å². The lowest BCUT2D eigenvalue weighted by atomic mass is 10.2. The number of nitrogens with zero attached hydrogens (tertiary/aromatic N) is 1. The molecule has 0 bridgehead atoms. The van der Waals surface area contributed by atoms with Crippen LogP contribution in [0.5, 0.6) is 0 Å². The third-order valence-electron chi connectivity index (χ3n) is 3.03. The van der Waals surface area contributed by atoms with E-state index in [2.05, 4.69) is 5.43 Å². The van der Waals surface area contributed by atoms with E-state index in [9.17, 15) is 9.18 Å². The van der Waals surface area contributed by atoms with Gasteiger partial charge in [0, 0.05) is 6.54 Å². The molecule has 1 heterocycles. The van der Waals surface area contributed by atoms with Crippen molar-refractivity contribution < 1.29 is 13.6 Å². The number of anilines is 1. The molecule has 0 unspecified atom stereocenters. The van der Waals surface area contributed by atoms with Gasteiger partial charge in [-0.2, -0.15) is 0 Å². The number of hydrazine groups is 1. The summed E-state index contributed by atoms with van der Waals surface area (Å²) in [5.74, 6) is 4.81. The van der Waals surface area contributed by atoms with Crippen molar-refractivity contribution in [3.63, 3.8) is 0 Å². The van der Waals surface area contributed by atoms with Gasteiger partial charge in [-0.25, -0.2) is 10.2 Å². The molecule has 0 saturated heterocycles. The Morgan fingerprint density at radius 2 is 2.15 bits per heavy atom. The molecule has 0 aliphatic carbocycles. The molecular weight excluding hydrogens is 261 g/mol. The van der Waals surface area contributed by atoms with Crippen molar-refractivity contribution in [2.24, 2.45) is 5.84 Å². The van der Waals surface area contributed by atoms with Gasteiger partial charge in [-0.05, 0) is 25.1 Å². The van der Waals surface area contributed by atoms with Gasteiger partial charge in [-0.3, -0.25) is 10.2 Å². The fourth-order valence-corrected chi connectivity index (χ4v) is 1.99. The molecule has 2 aromatic rings.